The number of hydrogen-bond acceptors (Lipinski definition) is 3. The highest BCUT2D eigenvalue weighted by atomic mass is 19.2. The summed E-state index contributed by atoms with van der Waals surface area (Å²) in [7, 11) is 0. The summed E-state index contributed by atoms with van der Waals surface area (Å²) in [5.74, 6) is -3.24. The summed E-state index contributed by atoms with van der Waals surface area (Å²) in [5.41, 5.74) is 1.04. The number of nitro groups is 1. The smallest absolute Gasteiger partial charge is 0.269 e. The number of non-ortho nitro benzene ring substituents is 1. The van der Waals surface area contributed by atoms with Crippen LogP contribution >= 0.6 is 0 Å². The standard InChI is InChI=1S/C14H11F3N2O2/c1-8-4-10(19(20)21)2-3-14(8)18-7-9-5-12(16)13(17)6-11(9)15/h2-6,18H,7H2,1H3. The highest BCUT2D eigenvalue weighted by molar-refractivity contribution is 5.55. The van der Waals surface area contributed by atoms with Crippen LogP contribution in [-0.4, -0.2) is 4.92 Å². The lowest BCUT2D eigenvalue weighted by atomic mass is 10.1. The highest BCUT2D eigenvalue weighted by Gasteiger charge is 2.11. The van der Waals surface area contributed by atoms with E-state index >= 15 is 0 Å². The van der Waals surface area contributed by atoms with Gasteiger partial charge in [0, 0.05) is 36.0 Å². The maximum atomic E-state index is 13.5. The molecule has 110 valence electrons. The first-order valence-corrected chi connectivity index (χ1v) is 6.01. The van der Waals surface area contributed by atoms with Gasteiger partial charge in [0.2, 0.25) is 0 Å². The van der Waals surface area contributed by atoms with Gasteiger partial charge in [0.05, 0.1) is 4.92 Å². The molecule has 0 bridgehead atoms. The second kappa shape index (κ2) is 5.82. The second-order valence-electron chi connectivity index (χ2n) is 4.47. The van der Waals surface area contributed by atoms with Crippen LogP contribution in [-0.2, 0) is 6.54 Å². The van der Waals surface area contributed by atoms with E-state index in [1.807, 2.05) is 0 Å². The Morgan fingerprint density at radius 3 is 2.38 bits per heavy atom. The van der Waals surface area contributed by atoms with E-state index in [1.54, 1.807) is 6.92 Å². The van der Waals surface area contributed by atoms with Crippen LogP contribution in [0.2, 0.25) is 0 Å². The van der Waals surface area contributed by atoms with Crippen molar-refractivity contribution in [1.82, 2.24) is 0 Å². The van der Waals surface area contributed by atoms with Crippen molar-refractivity contribution in [2.75, 3.05) is 5.32 Å². The van der Waals surface area contributed by atoms with Crippen LogP contribution in [0.25, 0.3) is 0 Å². The van der Waals surface area contributed by atoms with Crippen LogP contribution in [0, 0.1) is 34.5 Å². The molecule has 0 unspecified atom stereocenters. The molecule has 4 nitrogen and oxygen atoms in total. The number of benzene rings is 2. The fourth-order valence-corrected chi connectivity index (χ4v) is 1.85. The van der Waals surface area contributed by atoms with Crippen LogP contribution in [0.15, 0.2) is 30.3 Å². The van der Waals surface area contributed by atoms with Gasteiger partial charge in [-0.2, -0.15) is 0 Å². The monoisotopic (exact) mass is 296 g/mol. The van der Waals surface area contributed by atoms with Gasteiger partial charge in [-0.15, -0.1) is 0 Å². The first-order valence-electron chi connectivity index (χ1n) is 6.01. The number of nitrogens with one attached hydrogen (secondary N) is 1. The lowest BCUT2D eigenvalue weighted by molar-refractivity contribution is -0.384. The summed E-state index contributed by atoms with van der Waals surface area (Å²) in [6.45, 7) is 1.58. The summed E-state index contributed by atoms with van der Waals surface area (Å²) in [4.78, 5) is 10.1. The van der Waals surface area contributed by atoms with Crippen molar-refractivity contribution in [2.24, 2.45) is 0 Å². The van der Waals surface area contributed by atoms with Gasteiger partial charge in [-0.05, 0) is 24.6 Å². The normalized spacial score (nSPS) is 10.5. The van der Waals surface area contributed by atoms with Crippen molar-refractivity contribution in [3.8, 4) is 0 Å². The summed E-state index contributed by atoms with van der Waals surface area (Å²) in [6.07, 6.45) is 0. The third-order valence-electron chi connectivity index (χ3n) is 2.98. The topological polar surface area (TPSA) is 55.2 Å². The molecule has 0 fully saturated rings. The van der Waals surface area contributed by atoms with E-state index in [-0.39, 0.29) is 17.8 Å². The van der Waals surface area contributed by atoms with Gasteiger partial charge < -0.3 is 5.32 Å². The quantitative estimate of drug-likeness (QED) is 0.528. The van der Waals surface area contributed by atoms with Crippen molar-refractivity contribution < 1.29 is 18.1 Å². The zero-order valence-electron chi connectivity index (χ0n) is 11.0. The fourth-order valence-electron chi connectivity index (χ4n) is 1.85. The Bertz CT molecular complexity index is 705. The Hall–Kier alpha value is -2.57. The first kappa shape index (κ1) is 14.8. The van der Waals surface area contributed by atoms with Gasteiger partial charge in [-0.25, -0.2) is 13.2 Å². The van der Waals surface area contributed by atoms with Crippen molar-refractivity contribution in [2.45, 2.75) is 13.5 Å². The molecule has 0 aliphatic heterocycles. The SMILES string of the molecule is Cc1cc([N+](=O)[O-])ccc1NCc1cc(F)c(F)cc1F. The average Bonchev–Trinajstić information content (AvgIpc) is 2.42. The van der Waals surface area contributed by atoms with Crippen LogP contribution in [0.4, 0.5) is 24.5 Å². The predicted molar refractivity (Wildman–Crippen MR) is 71.5 cm³/mol. The van der Waals surface area contributed by atoms with Gasteiger partial charge in [-0.1, -0.05) is 0 Å². The molecule has 0 saturated carbocycles. The minimum Gasteiger partial charge on any atom is -0.381 e. The van der Waals surface area contributed by atoms with E-state index in [1.165, 1.54) is 18.2 Å². The van der Waals surface area contributed by atoms with Crippen molar-refractivity contribution in [3.63, 3.8) is 0 Å². The lowest BCUT2D eigenvalue weighted by Crippen LogP contribution is -2.05. The molecule has 7 heteroatoms. The first-order chi connectivity index (χ1) is 9.88. The van der Waals surface area contributed by atoms with Gasteiger partial charge in [0.1, 0.15) is 5.82 Å². The van der Waals surface area contributed by atoms with E-state index in [0.717, 1.165) is 6.07 Å². The number of aryl methyl sites for hydroxylation is 1. The fraction of sp³-hybridized carbons (Fsp3) is 0.143. The summed E-state index contributed by atoms with van der Waals surface area (Å²) in [5, 5.41) is 13.4. The van der Waals surface area contributed by atoms with Gasteiger partial charge in [0.25, 0.3) is 5.69 Å². The highest BCUT2D eigenvalue weighted by Crippen LogP contribution is 2.22. The minimum atomic E-state index is -1.25. The molecule has 1 N–H and O–H groups in total. The number of nitrogens with zero attached hydrogens (tertiary/aromatic N) is 1. The van der Waals surface area contributed by atoms with E-state index in [9.17, 15) is 23.3 Å². The molecule has 2 aromatic carbocycles. The summed E-state index contributed by atoms with van der Waals surface area (Å²) in [6, 6.07) is 5.40. The predicted octanol–water partition coefficient (Wildman–Crippen LogP) is 3.93. The zero-order valence-corrected chi connectivity index (χ0v) is 11.0. The van der Waals surface area contributed by atoms with Crippen LogP contribution in [0.1, 0.15) is 11.1 Å². The summed E-state index contributed by atoms with van der Waals surface area (Å²) < 4.78 is 39.3. The second-order valence-corrected chi connectivity index (χ2v) is 4.47. The molecule has 0 heterocycles. The maximum absolute atomic E-state index is 13.5. The third-order valence-corrected chi connectivity index (χ3v) is 2.98. The molecule has 0 saturated heterocycles. The molecular weight excluding hydrogens is 285 g/mol. The lowest BCUT2D eigenvalue weighted by Gasteiger charge is -2.10. The van der Waals surface area contributed by atoms with Crippen LogP contribution in [0.5, 0.6) is 0 Å². The maximum Gasteiger partial charge on any atom is 0.269 e. The molecule has 0 spiro atoms. The molecule has 0 aliphatic rings. The Kier molecular flexibility index (Phi) is 4.11. The Morgan fingerprint density at radius 2 is 1.76 bits per heavy atom. The Balaban J connectivity index is 2.17. The Morgan fingerprint density at radius 1 is 1.10 bits per heavy atom. The number of anilines is 1. The molecule has 2 aromatic rings. The largest absolute Gasteiger partial charge is 0.381 e. The molecule has 0 radical (unpaired) electrons. The minimum absolute atomic E-state index is 0.0355. The van der Waals surface area contributed by atoms with Gasteiger partial charge in [0.15, 0.2) is 11.6 Å². The summed E-state index contributed by atoms with van der Waals surface area (Å²) >= 11 is 0. The van der Waals surface area contributed by atoms with Crippen molar-refractivity contribution >= 4 is 11.4 Å². The van der Waals surface area contributed by atoms with E-state index in [2.05, 4.69) is 5.32 Å². The molecule has 0 aromatic heterocycles. The number of halogens is 3. The van der Waals surface area contributed by atoms with Gasteiger partial charge in [-0.3, -0.25) is 10.1 Å². The van der Waals surface area contributed by atoms with Crippen molar-refractivity contribution in [3.05, 3.63) is 69.0 Å². The van der Waals surface area contributed by atoms with Crippen molar-refractivity contribution in [1.29, 1.82) is 0 Å². The zero-order chi connectivity index (χ0) is 15.6. The molecule has 21 heavy (non-hydrogen) atoms. The molecular formula is C14H11F3N2O2. The molecule has 0 aliphatic carbocycles. The number of nitro benzene ring substituents is 1. The molecule has 2 rings (SSSR count). The number of rotatable bonds is 4. The number of hydrogen-bond donors (Lipinski definition) is 1. The Labute approximate surface area is 118 Å². The van der Waals surface area contributed by atoms with Gasteiger partial charge >= 0.3 is 0 Å². The molecule has 0 amide bonds. The van der Waals surface area contributed by atoms with E-state index in [4.69, 9.17) is 0 Å². The van der Waals surface area contributed by atoms with E-state index < -0.39 is 22.4 Å². The average molecular weight is 296 g/mol. The third kappa shape index (κ3) is 3.31. The van der Waals surface area contributed by atoms with E-state index in [0.29, 0.717) is 17.3 Å². The van der Waals surface area contributed by atoms with Crippen LogP contribution in [0.3, 0.4) is 0 Å². The molecule has 0 atom stereocenters. The van der Waals surface area contributed by atoms with Crippen LogP contribution < -0.4 is 5.32 Å².